The highest BCUT2D eigenvalue weighted by Crippen LogP contribution is 2.42. The number of hydrogen-bond acceptors (Lipinski definition) is 3. The first-order chi connectivity index (χ1) is 13.3. The van der Waals surface area contributed by atoms with Crippen molar-refractivity contribution in [2.75, 3.05) is 19.0 Å². The van der Waals surface area contributed by atoms with Crippen LogP contribution in [0.2, 0.25) is 5.02 Å². The molecule has 0 atom stereocenters. The number of halogens is 4. The van der Waals surface area contributed by atoms with Crippen molar-refractivity contribution < 1.29 is 17.9 Å². The third-order valence-electron chi connectivity index (χ3n) is 4.34. The molecule has 1 fully saturated rings. The Bertz CT molecular complexity index is 852. The molecule has 1 aromatic heterocycles. The predicted molar refractivity (Wildman–Crippen MR) is 106 cm³/mol. The fourth-order valence-electron chi connectivity index (χ4n) is 2.83. The van der Waals surface area contributed by atoms with Crippen molar-refractivity contribution >= 4 is 34.6 Å². The van der Waals surface area contributed by atoms with Crippen LogP contribution in [-0.2, 0) is 12.7 Å². The number of benzene rings is 1. The largest absolute Gasteiger partial charge is 0.495 e. The maximum atomic E-state index is 12.9. The molecule has 0 bridgehead atoms. The van der Waals surface area contributed by atoms with Gasteiger partial charge in [-0.25, -0.2) is 0 Å². The number of alkyl halides is 3. The first-order valence-corrected chi connectivity index (χ1v) is 9.60. The predicted octanol–water partition coefficient (Wildman–Crippen LogP) is 4.82. The van der Waals surface area contributed by atoms with E-state index in [4.69, 9.17) is 28.6 Å². The maximum absolute atomic E-state index is 12.9. The van der Waals surface area contributed by atoms with E-state index in [1.54, 1.807) is 25.3 Å². The van der Waals surface area contributed by atoms with E-state index in [-0.39, 0.29) is 5.92 Å². The average molecular weight is 433 g/mol. The van der Waals surface area contributed by atoms with Gasteiger partial charge in [0.05, 0.1) is 12.8 Å². The molecule has 28 heavy (non-hydrogen) atoms. The lowest BCUT2D eigenvalue weighted by atomic mass is 10.2. The van der Waals surface area contributed by atoms with Gasteiger partial charge in [0.2, 0.25) is 0 Å². The summed E-state index contributed by atoms with van der Waals surface area (Å²) >= 11 is 11.2. The highest BCUT2D eigenvalue weighted by molar-refractivity contribution is 7.80. The van der Waals surface area contributed by atoms with Gasteiger partial charge in [0, 0.05) is 29.7 Å². The molecule has 10 heteroatoms. The Kier molecular flexibility index (Phi) is 6.34. The maximum Gasteiger partial charge on any atom is 0.435 e. The summed E-state index contributed by atoms with van der Waals surface area (Å²) in [5.74, 6) is 0.786. The zero-order valence-corrected chi connectivity index (χ0v) is 16.7. The van der Waals surface area contributed by atoms with Crippen molar-refractivity contribution in [3.63, 3.8) is 0 Å². The molecule has 3 rings (SSSR count). The topological polar surface area (TPSA) is 51.1 Å². The molecule has 2 aromatic rings. The molecule has 1 saturated carbocycles. The number of anilines is 1. The molecular formula is C18H20ClF3N4OS. The van der Waals surface area contributed by atoms with Gasteiger partial charge < -0.3 is 15.4 Å². The minimum atomic E-state index is -4.42. The van der Waals surface area contributed by atoms with Gasteiger partial charge in [-0.1, -0.05) is 11.6 Å². The molecule has 0 aliphatic heterocycles. The van der Waals surface area contributed by atoms with Crippen molar-refractivity contribution in [2.24, 2.45) is 0 Å². The lowest BCUT2D eigenvalue weighted by molar-refractivity contribution is -0.141. The number of ether oxygens (including phenoxy) is 1. The fourth-order valence-corrected chi connectivity index (χ4v) is 3.22. The van der Waals surface area contributed by atoms with Crippen molar-refractivity contribution in [3.05, 3.63) is 40.7 Å². The van der Waals surface area contributed by atoms with Crippen LogP contribution in [0.15, 0.2) is 24.3 Å². The Morgan fingerprint density at radius 2 is 2.11 bits per heavy atom. The number of nitrogens with one attached hydrogen (secondary N) is 2. The zero-order valence-electron chi connectivity index (χ0n) is 15.1. The molecule has 152 valence electrons. The van der Waals surface area contributed by atoms with E-state index in [1.165, 1.54) is 10.7 Å². The lowest BCUT2D eigenvalue weighted by Crippen LogP contribution is -2.30. The number of hydrogen-bond donors (Lipinski definition) is 2. The summed E-state index contributed by atoms with van der Waals surface area (Å²) in [6.45, 7) is 0.873. The minimum absolute atomic E-state index is 0.189. The van der Waals surface area contributed by atoms with Crippen molar-refractivity contribution in [1.29, 1.82) is 0 Å². The first-order valence-electron chi connectivity index (χ1n) is 8.81. The van der Waals surface area contributed by atoms with Crippen LogP contribution in [0.25, 0.3) is 0 Å². The lowest BCUT2D eigenvalue weighted by Gasteiger charge is -2.14. The number of methoxy groups -OCH3 is 1. The van der Waals surface area contributed by atoms with E-state index in [2.05, 4.69) is 15.7 Å². The smallest absolute Gasteiger partial charge is 0.435 e. The Balaban J connectivity index is 1.51. The summed E-state index contributed by atoms with van der Waals surface area (Å²) in [5.41, 5.74) is 0.467. The minimum Gasteiger partial charge on any atom is -0.495 e. The van der Waals surface area contributed by atoms with Gasteiger partial charge in [0.25, 0.3) is 0 Å². The molecule has 1 aliphatic carbocycles. The highest BCUT2D eigenvalue weighted by Gasteiger charge is 2.37. The summed E-state index contributed by atoms with van der Waals surface area (Å²) in [7, 11) is 1.54. The van der Waals surface area contributed by atoms with Crippen LogP contribution in [0, 0.1) is 0 Å². The normalized spacial score (nSPS) is 14.0. The zero-order chi connectivity index (χ0) is 20.3. The van der Waals surface area contributed by atoms with Crippen LogP contribution in [0.1, 0.15) is 36.6 Å². The average Bonchev–Trinajstić information content (AvgIpc) is 3.37. The summed E-state index contributed by atoms with van der Waals surface area (Å²) in [4.78, 5) is 0. The second-order valence-corrected chi connectivity index (χ2v) is 7.37. The third-order valence-corrected chi connectivity index (χ3v) is 4.82. The molecular weight excluding hydrogens is 413 g/mol. The van der Waals surface area contributed by atoms with Gasteiger partial charge in [-0.05, 0) is 55.7 Å². The van der Waals surface area contributed by atoms with Crippen LogP contribution in [0.5, 0.6) is 5.75 Å². The quantitative estimate of drug-likeness (QED) is 0.485. The summed E-state index contributed by atoms with van der Waals surface area (Å²) in [6, 6.07) is 6.29. The first kappa shape index (κ1) is 20.7. The molecule has 0 radical (unpaired) electrons. The molecule has 5 nitrogen and oxygen atoms in total. The summed E-state index contributed by atoms with van der Waals surface area (Å²) in [5, 5.41) is 10.7. The Labute approximate surface area is 171 Å². The molecule has 0 spiro atoms. The van der Waals surface area contributed by atoms with Crippen LogP contribution < -0.4 is 15.4 Å². The molecule has 1 heterocycles. The van der Waals surface area contributed by atoms with E-state index in [9.17, 15) is 13.2 Å². The van der Waals surface area contributed by atoms with Gasteiger partial charge >= 0.3 is 6.18 Å². The third kappa shape index (κ3) is 5.29. The van der Waals surface area contributed by atoms with Crippen LogP contribution in [0.4, 0.5) is 18.9 Å². The number of thiocarbonyl (C=S) groups is 1. The van der Waals surface area contributed by atoms with E-state index in [1.807, 2.05) is 0 Å². The number of rotatable bonds is 7. The Morgan fingerprint density at radius 3 is 2.75 bits per heavy atom. The van der Waals surface area contributed by atoms with Gasteiger partial charge in [-0.2, -0.15) is 18.3 Å². The monoisotopic (exact) mass is 432 g/mol. The van der Waals surface area contributed by atoms with E-state index < -0.39 is 11.9 Å². The van der Waals surface area contributed by atoms with Gasteiger partial charge in [0.1, 0.15) is 5.75 Å². The van der Waals surface area contributed by atoms with E-state index >= 15 is 0 Å². The van der Waals surface area contributed by atoms with E-state index in [0.29, 0.717) is 46.8 Å². The second-order valence-electron chi connectivity index (χ2n) is 6.53. The van der Waals surface area contributed by atoms with Crippen LogP contribution in [0.3, 0.4) is 0 Å². The SMILES string of the molecule is COc1ccc(Cl)cc1NC(=S)NCCCn1nc(C(F)(F)F)cc1C1CC1. The highest BCUT2D eigenvalue weighted by atomic mass is 35.5. The number of aryl methyl sites for hydroxylation is 1. The second kappa shape index (κ2) is 8.57. The molecule has 0 unspecified atom stereocenters. The standard InChI is InChI=1S/C18H20ClF3N4OS/c1-27-15-6-5-12(19)9-13(15)24-17(28)23-7-2-8-26-14(11-3-4-11)10-16(25-26)18(20,21)22/h5-6,9-11H,2-4,7-8H2,1H3,(H2,23,24,28). The van der Waals surface area contributed by atoms with Gasteiger partial charge in [-0.15, -0.1) is 0 Å². The Hall–Kier alpha value is -2.00. The van der Waals surface area contributed by atoms with Crippen molar-refractivity contribution in [1.82, 2.24) is 15.1 Å². The van der Waals surface area contributed by atoms with Crippen molar-refractivity contribution in [2.45, 2.75) is 37.9 Å². The van der Waals surface area contributed by atoms with Gasteiger partial charge in [-0.3, -0.25) is 4.68 Å². The summed E-state index contributed by atoms with van der Waals surface area (Å²) in [6.07, 6.45) is -2.02. The van der Waals surface area contributed by atoms with Crippen LogP contribution >= 0.6 is 23.8 Å². The Morgan fingerprint density at radius 1 is 1.36 bits per heavy atom. The van der Waals surface area contributed by atoms with Crippen molar-refractivity contribution in [3.8, 4) is 5.75 Å². The number of aromatic nitrogens is 2. The molecule has 1 aliphatic rings. The molecule has 0 amide bonds. The van der Waals surface area contributed by atoms with Gasteiger partial charge in [0.15, 0.2) is 10.8 Å². The fraction of sp³-hybridized carbons (Fsp3) is 0.444. The van der Waals surface area contributed by atoms with Crippen LogP contribution in [-0.4, -0.2) is 28.5 Å². The molecule has 2 N–H and O–H groups in total. The molecule has 0 saturated heterocycles. The van der Waals surface area contributed by atoms with E-state index in [0.717, 1.165) is 12.8 Å². The molecule has 1 aromatic carbocycles. The number of nitrogens with zero attached hydrogens (tertiary/aromatic N) is 2. The summed E-state index contributed by atoms with van der Waals surface area (Å²) < 4.78 is 45.5.